The van der Waals surface area contributed by atoms with Crippen LogP contribution in [-0.2, 0) is 10.2 Å². The van der Waals surface area contributed by atoms with Crippen LogP contribution in [0.15, 0.2) is 28.7 Å². The number of rotatable bonds is 2. The molecule has 0 aliphatic rings. The number of aryl methyl sites for hydroxylation is 1. The first-order chi connectivity index (χ1) is 9.75. The maximum atomic E-state index is 11.9. The number of hydrogen-bond donors (Lipinski definition) is 0. The fourth-order valence-electron chi connectivity index (χ4n) is 2.15. The van der Waals surface area contributed by atoms with Gasteiger partial charge in [0.05, 0.1) is 23.0 Å². The van der Waals surface area contributed by atoms with Crippen molar-refractivity contribution in [1.29, 1.82) is 0 Å². The van der Waals surface area contributed by atoms with Gasteiger partial charge < -0.3 is 4.74 Å². The van der Waals surface area contributed by atoms with Crippen molar-refractivity contribution >= 4 is 21.9 Å². The van der Waals surface area contributed by atoms with E-state index in [1.165, 1.54) is 12.7 Å². The first kappa shape index (κ1) is 15.8. The van der Waals surface area contributed by atoms with Crippen LogP contribution in [0.1, 0.15) is 42.5 Å². The molecule has 4 nitrogen and oxygen atoms in total. The molecule has 0 aliphatic carbocycles. The highest BCUT2D eigenvalue weighted by atomic mass is 79.9. The second kappa shape index (κ2) is 5.64. The zero-order valence-electron chi connectivity index (χ0n) is 12.9. The van der Waals surface area contributed by atoms with Crippen LogP contribution < -0.4 is 0 Å². The number of aromatic nitrogens is 2. The molecular weight excluding hydrogens is 332 g/mol. The van der Waals surface area contributed by atoms with Crippen molar-refractivity contribution in [3.63, 3.8) is 0 Å². The summed E-state index contributed by atoms with van der Waals surface area (Å²) < 4.78 is 7.29. The number of halogens is 1. The molecule has 1 aromatic heterocycles. The van der Waals surface area contributed by atoms with Crippen LogP contribution in [0, 0.1) is 6.92 Å². The first-order valence-corrected chi connectivity index (χ1v) is 7.49. The highest BCUT2D eigenvalue weighted by molar-refractivity contribution is 9.10. The zero-order chi connectivity index (χ0) is 15.8. The minimum Gasteiger partial charge on any atom is -0.464 e. The van der Waals surface area contributed by atoms with Gasteiger partial charge in [0.1, 0.15) is 0 Å². The molecule has 21 heavy (non-hydrogen) atoms. The van der Waals surface area contributed by atoms with Gasteiger partial charge in [0.15, 0.2) is 5.69 Å². The van der Waals surface area contributed by atoms with E-state index in [1.54, 1.807) is 4.68 Å². The molecule has 0 saturated heterocycles. The van der Waals surface area contributed by atoms with Gasteiger partial charge in [-0.15, -0.1) is 0 Å². The molecule has 0 spiro atoms. The normalized spacial score (nSPS) is 11.5. The topological polar surface area (TPSA) is 44.1 Å². The minimum absolute atomic E-state index is 0.178. The Hall–Kier alpha value is -1.62. The number of hydrogen-bond acceptors (Lipinski definition) is 3. The number of esters is 1. The van der Waals surface area contributed by atoms with Crippen LogP contribution in [-0.4, -0.2) is 22.9 Å². The Morgan fingerprint density at radius 2 is 1.81 bits per heavy atom. The molecule has 0 aliphatic heterocycles. The molecular formula is C16H19BrN2O2. The lowest BCUT2D eigenvalue weighted by molar-refractivity contribution is 0.0592. The lowest BCUT2D eigenvalue weighted by Gasteiger charge is -2.21. The summed E-state index contributed by atoms with van der Waals surface area (Å²) in [4.78, 5) is 11.9. The van der Waals surface area contributed by atoms with Crippen molar-refractivity contribution in [3.8, 4) is 5.69 Å². The SMILES string of the molecule is COC(=O)c1nn(-c2ccc(C)cc2)c(C(C)(C)C)c1Br. The minimum atomic E-state index is -0.446. The van der Waals surface area contributed by atoms with E-state index in [0.29, 0.717) is 10.2 Å². The van der Waals surface area contributed by atoms with Gasteiger partial charge in [-0.1, -0.05) is 38.5 Å². The maximum Gasteiger partial charge on any atom is 0.359 e. The van der Waals surface area contributed by atoms with E-state index >= 15 is 0 Å². The fourth-order valence-corrected chi connectivity index (χ4v) is 3.15. The number of nitrogens with zero attached hydrogens (tertiary/aromatic N) is 2. The van der Waals surface area contributed by atoms with E-state index in [9.17, 15) is 4.79 Å². The number of carbonyl (C=O) groups is 1. The summed E-state index contributed by atoms with van der Waals surface area (Å²) in [7, 11) is 1.36. The van der Waals surface area contributed by atoms with E-state index in [-0.39, 0.29) is 5.41 Å². The van der Waals surface area contributed by atoms with E-state index in [0.717, 1.165) is 11.4 Å². The van der Waals surface area contributed by atoms with Crippen LogP contribution in [0.3, 0.4) is 0 Å². The van der Waals surface area contributed by atoms with E-state index in [4.69, 9.17) is 4.74 Å². The molecule has 5 heteroatoms. The third-order valence-corrected chi connectivity index (χ3v) is 3.95. The molecule has 0 bridgehead atoms. The van der Waals surface area contributed by atoms with Gasteiger partial charge in [-0.3, -0.25) is 0 Å². The summed E-state index contributed by atoms with van der Waals surface area (Å²) in [5.41, 5.74) is 3.15. The average molecular weight is 351 g/mol. The average Bonchev–Trinajstić information content (AvgIpc) is 2.76. The van der Waals surface area contributed by atoms with Crippen molar-refractivity contribution < 1.29 is 9.53 Å². The molecule has 0 unspecified atom stereocenters. The third-order valence-electron chi connectivity index (χ3n) is 3.20. The van der Waals surface area contributed by atoms with Crippen LogP contribution in [0.5, 0.6) is 0 Å². The van der Waals surface area contributed by atoms with E-state index in [2.05, 4.69) is 41.8 Å². The summed E-state index contributed by atoms with van der Waals surface area (Å²) >= 11 is 3.51. The highest BCUT2D eigenvalue weighted by Crippen LogP contribution is 2.34. The van der Waals surface area contributed by atoms with E-state index in [1.807, 2.05) is 31.2 Å². The molecule has 2 aromatic rings. The Morgan fingerprint density at radius 1 is 1.24 bits per heavy atom. The van der Waals surface area contributed by atoms with Crippen LogP contribution >= 0.6 is 15.9 Å². The molecule has 112 valence electrons. The smallest absolute Gasteiger partial charge is 0.359 e. The lowest BCUT2D eigenvalue weighted by atomic mass is 9.91. The Kier molecular flexibility index (Phi) is 4.23. The number of carbonyl (C=O) groups excluding carboxylic acids is 1. The van der Waals surface area contributed by atoms with E-state index < -0.39 is 5.97 Å². The maximum absolute atomic E-state index is 11.9. The Morgan fingerprint density at radius 3 is 2.29 bits per heavy atom. The first-order valence-electron chi connectivity index (χ1n) is 6.70. The van der Waals surface area contributed by atoms with Crippen molar-refractivity contribution in [2.75, 3.05) is 7.11 Å². The van der Waals surface area contributed by atoms with Crippen LogP contribution in [0.2, 0.25) is 0 Å². The number of methoxy groups -OCH3 is 1. The highest BCUT2D eigenvalue weighted by Gasteiger charge is 2.29. The molecule has 0 saturated carbocycles. The van der Waals surface area contributed by atoms with Gasteiger partial charge in [0.25, 0.3) is 0 Å². The van der Waals surface area contributed by atoms with Gasteiger partial charge in [0, 0.05) is 5.41 Å². The third kappa shape index (κ3) is 3.02. The van der Waals surface area contributed by atoms with Crippen molar-refractivity contribution in [2.45, 2.75) is 33.1 Å². The lowest BCUT2D eigenvalue weighted by Crippen LogP contribution is -2.18. The summed E-state index contributed by atoms with van der Waals surface area (Å²) in [5.74, 6) is -0.446. The van der Waals surface area contributed by atoms with Crippen molar-refractivity contribution in [3.05, 3.63) is 45.7 Å². The second-order valence-electron chi connectivity index (χ2n) is 6.00. The van der Waals surface area contributed by atoms with Crippen molar-refractivity contribution in [2.24, 2.45) is 0 Å². The molecule has 1 aromatic carbocycles. The Bertz CT molecular complexity index is 667. The molecule has 0 fully saturated rings. The van der Waals surface area contributed by atoms with Gasteiger partial charge in [-0.2, -0.15) is 5.10 Å². The Balaban J connectivity index is 2.69. The molecule has 1 heterocycles. The van der Waals surface area contributed by atoms with Crippen LogP contribution in [0.25, 0.3) is 5.69 Å². The predicted octanol–water partition coefficient (Wildman–Crippen LogP) is 4.03. The zero-order valence-corrected chi connectivity index (χ0v) is 14.5. The summed E-state index contributed by atoms with van der Waals surface area (Å²) in [6, 6.07) is 8.03. The summed E-state index contributed by atoms with van der Waals surface area (Å²) in [5, 5.41) is 4.44. The number of ether oxygens (including phenoxy) is 1. The van der Waals surface area contributed by atoms with Crippen molar-refractivity contribution in [1.82, 2.24) is 9.78 Å². The predicted molar refractivity (Wildman–Crippen MR) is 86.0 cm³/mol. The standard InChI is InChI=1S/C16H19BrN2O2/c1-10-6-8-11(9-7-10)19-14(16(2,3)4)12(17)13(18-19)15(20)21-5/h6-9H,1-5H3. The van der Waals surface area contributed by atoms with Gasteiger partial charge >= 0.3 is 5.97 Å². The fraction of sp³-hybridized carbons (Fsp3) is 0.375. The van der Waals surface area contributed by atoms with Crippen LogP contribution in [0.4, 0.5) is 0 Å². The molecule has 0 radical (unpaired) electrons. The Labute approximate surface area is 133 Å². The summed E-state index contributed by atoms with van der Waals surface area (Å²) in [6.45, 7) is 8.29. The monoisotopic (exact) mass is 350 g/mol. The summed E-state index contributed by atoms with van der Waals surface area (Å²) in [6.07, 6.45) is 0. The molecule has 0 N–H and O–H groups in total. The largest absolute Gasteiger partial charge is 0.464 e. The van der Waals surface area contributed by atoms with Gasteiger partial charge in [-0.05, 0) is 35.0 Å². The molecule has 0 amide bonds. The second-order valence-corrected chi connectivity index (χ2v) is 6.79. The molecule has 0 atom stereocenters. The quantitative estimate of drug-likeness (QED) is 0.768. The number of benzene rings is 1. The molecule has 2 rings (SSSR count). The van der Waals surface area contributed by atoms with Gasteiger partial charge in [-0.25, -0.2) is 9.48 Å². The van der Waals surface area contributed by atoms with Gasteiger partial charge in [0.2, 0.25) is 0 Å².